The summed E-state index contributed by atoms with van der Waals surface area (Å²) in [5, 5.41) is 3.58. The maximum atomic E-state index is 12.1. The zero-order valence-corrected chi connectivity index (χ0v) is 15.3. The Morgan fingerprint density at radius 1 is 1.24 bits per heavy atom. The second kappa shape index (κ2) is 8.06. The van der Waals surface area contributed by atoms with E-state index in [4.69, 9.17) is 11.6 Å². The van der Waals surface area contributed by atoms with Crippen LogP contribution in [0.3, 0.4) is 0 Å². The van der Waals surface area contributed by atoms with Gasteiger partial charge in [-0.05, 0) is 59.8 Å². The lowest BCUT2D eigenvalue weighted by molar-refractivity contribution is 0.0955. The molecule has 0 atom stereocenters. The fourth-order valence-corrected chi connectivity index (χ4v) is 3.62. The summed E-state index contributed by atoms with van der Waals surface area (Å²) >= 11 is 9.75. The molecule has 0 saturated heterocycles. The molecule has 0 aliphatic heterocycles. The molecule has 0 heterocycles. The van der Waals surface area contributed by atoms with Crippen molar-refractivity contribution in [3.8, 4) is 0 Å². The molecule has 0 fully saturated rings. The summed E-state index contributed by atoms with van der Waals surface area (Å²) in [5.41, 5.74) is 1.92. The zero-order valence-electron chi connectivity index (χ0n) is 11.5. The molecule has 0 unspecified atom stereocenters. The van der Waals surface area contributed by atoms with Crippen LogP contribution in [0.25, 0.3) is 0 Å². The molecule has 2 aromatic rings. The average molecular weight is 432 g/mol. The maximum absolute atomic E-state index is 12.1. The topological polar surface area (TPSA) is 29.1 Å². The van der Waals surface area contributed by atoms with Crippen LogP contribution in [0.15, 0.2) is 47.4 Å². The Balaban J connectivity index is 1.80. The van der Waals surface area contributed by atoms with Crippen molar-refractivity contribution in [2.24, 2.45) is 0 Å². The third-order valence-corrected chi connectivity index (χ3v) is 4.99. The Bertz CT molecular complexity index is 631. The van der Waals surface area contributed by atoms with E-state index in [0.717, 1.165) is 9.32 Å². The van der Waals surface area contributed by atoms with Gasteiger partial charge >= 0.3 is 0 Å². The Kier molecular flexibility index (Phi) is 6.39. The molecule has 0 aromatic heterocycles. The van der Waals surface area contributed by atoms with Crippen molar-refractivity contribution in [3.63, 3.8) is 0 Å². The predicted octanol–water partition coefficient (Wildman–Crippen LogP) is 4.78. The van der Waals surface area contributed by atoms with Crippen LogP contribution in [-0.4, -0.2) is 18.2 Å². The van der Waals surface area contributed by atoms with E-state index in [0.29, 0.717) is 17.1 Å². The molecule has 0 saturated carbocycles. The first-order valence-corrected chi connectivity index (χ1v) is 8.93. The molecular formula is C16H15ClINOS. The molecule has 21 heavy (non-hydrogen) atoms. The van der Waals surface area contributed by atoms with Crippen molar-refractivity contribution < 1.29 is 4.79 Å². The van der Waals surface area contributed by atoms with Gasteiger partial charge in [0.25, 0.3) is 5.91 Å². The molecule has 0 radical (unpaired) electrons. The van der Waals surface area contributed by atoms with E-state index >= 15 is 0 Å². The minimum Gasteiger partial charge on any atom is -0.351 e. The predicted molar refractivity (Wildman–Crippen MR) is 98.4 cm³/mol. The third-order valence-electron chi connectivity index (χ3n) is 2.85. The van der Waals surface area contributed by atoms with Gasteiger partial charge in [0.05, 0.1) is 5.56 Å². The molecule has 1 N–H and O–H groups in total. The highest BCUT2D eigenvalue weighted by molar-refractivity contribution is 14.1. The van der Waals surface area contributed by atoms with Crippen LogP contribution in [0.1, 0.15) is 15.9 Å². The van der Waals surface area contributed by atoms with Crippen molar-refractivity contribution in [2.75, 3.05) is 12.3 Å². The normalized spacial score (nSPS) is 10.4. The van der Waals surface area contributed by atoms with Gasteiger partial charge in [0.2, 0.25) is 0 Å². The van der Waals surface area contributed by atoms with E-state index in [-0.39, 0.29) is 5.91 Å². The molecule has 0 aliphatic rings. The fourth-order valence-electron chi connectivity index (χ4n) is 1.74. The highest BCUT2D eigenvalue weighted by atomic mass is 127. The van der Waals surface area contributed by atoms with Crippen molar-refractivity contribution in [1.82, 2.24) is 5.32 Å². The second-order valence-corrected chi connectivity index (χ2v) is 7.31. The van der Waals surface area contributed by atoms with Crippen LogP contribution in [0.4, 0.5) is 0 Å². The lowest BCUT2D eigenvalue weighted by atomic mass is 10.2. The number of thioether (sulfide) groups is 1. The standard InChI is InChI=1S/C16H15ClINOS/c1-11-2-5-13(6-3-11)21-9-8-19-16(20)14-7-4-12(17)10-15(14)18/h2-7,10H,8-9H2,1H3,(H,19,20). The van der Waals surface area contributed by atoms with Gasteiger partial charge in [0, 0.05) is 25.8 Å². The van der Waals surface area contributed by atoms with Gasteiger partial charge in [0.1, 0.15) is 0 Å². The quantitative estimate of drug-likeness (QED) is 0.419. The van der Waals surface area contributed by atoms with Gasteiger partial charge in [-0.2, -0.15) is 0 Å². The summed E-state index contributed by atoms with van der Waals surface area (Å²) < 4.78 is 0.865. The van der Waals surface area contributed by atoms with Crippen molar-refractivity contribution in [1.29, 1.82) is 0 Å². The number of halogens is 2. The molecule has 2 nitrogen and oxygen atoms in total. The Labute approximate surface area is 147 Å². The average Bonchev–Trinajstić information content (AvgIpc) is 2.45. The fraction of sp³-hybridized carbons (Fsp3) is 0.188. The Morgan fingerprint density at radius 3 is 2.62 bits per heavy atom. The van der Waals surface area contributed by atoms with Crippen LogP contribution in [0, 0.1) is 10.5 Å². The minimum absolute atomic E-state index is 0.0550. The van der Waals surface area contributed by atoms with Crippen molar-refractivity contribution >= 4 is 51.9 Å². The van der Waals surface area contributed by atoms with Gasteiger partial charge < -0.3 is 5.32 Å². The number of rotatable bonds is 5. The molecule has 2 aromatic carbocycles. The number of hydrogen-bond donors (Lipinski definition) is 1. The number of amides is 1. The van der Waals surface area contributed by atoms with Crippen LogP contribution in [0.2, 0.25) is 5.02 Å². The number of aryl methyl sites for hydroxylation is 1. The molecule has 0 spiro atoms. The van der Waals surface area contributed by atoms with Gasteiger partial charge in [-0.15, -0.1) is 11.8 Å². The molecule has 0 aliphatic carbocycles. The Hall–Kier alpha value is -0.720. The first kappa shape index (κ1) is 16.6. The van der Waals surface area contributed by atoms with E-state index in [1.165, 1.54) is 10.5 Å². The largest absolute Gasteiger partial charge is 0.351 e. The second-order valence-electron chi connectivity index (χ2n) is 4.54. The summed E-state index contributed by atoms with van der Waals surface area (Å²) in [6.07, 6.45) is 0. The lowest BCUT2D eigenvalue weighted by Crippen LogP contribution is -2.26. The molecule has 1 amide bonds. The minimum atomic E-state index is -0.0550. The van der Waals surface area contributed by atoms with Gasteiger partial charge in [0.15, 0.2) is 0 Å². The number of carbonyl (C=O) groups is 1. The lowest BCUT2D eigenvalue weighted by Gasteiger charge is -2.07. The van der Waals surface area contributed by atoms with Crippen LogP contribution >= 0.6 is 46.0 Å². The van der Waals surface area contributed by atoms with Crippen LogP contribution in [-0.2, 0) is 0 Å². The summed E-state index contributed by atoms with van der Waals surface area (Å²) in [4.78, 5) is 13.3. The van der Waals surface area contributed by atoms with E-state index in [2.05, 4.69) is 59.1 Å². The highest BCUT2D eigenvalue weighted by Gasteiger charge is 2.09. The highest BCUT2D eigenvalue weighted by Crippen LogP contribution is 2.19. The zero-order chi connectivity index (χ0) is 15.2. The SMILES string of the molecule is Cc1ccc(SCCNC(=O)c2ccc(Cl)cc2I)cc1. The van der Waals surface area contributed by atoms with Crippen LogP contribution in [0.5, 0.6) is 0 Å². The molecule has 110 valence electrons. The van der Waals surface area contributed by atoms with Gasteiger partial charge in [-0.25, -0.2) is 0 Å². The van der Waals surface area contributed by atoms with E-state index < -0.39 is 0 Å². The summed E-state index contributed by atoms with van der Waals surface area (Å²) in [6.45, 7) is 2.71. The number of benzene rings is 2. The van der Waals surface area contributed by atoms with E-state index in [9.17, 15) is 4.79 Å². The van der Waals surface area contributed by atoms with Crippen LogP contribution < -0.4 is 5.32 Å². The van der Waals surface area contributed by atoms with Crippen molar-refractivity contribution in [3.05, 3.63) is 62.2 Å². The number of nitrogens with one attached hydrogen (secondary N) is 1. The monoisotopic (exact) mass is 431 g/mol. The van der Waals surface area contributed by atoms with E-state index in [1.807, 2.05) is 0 Å². The van der Waals surface area contributed by atoms with Crippen molar-refractivity contribution in [2.45, 2.75) is 11.8 Å². The Morgan fingerprint density at radius 2 is 1.95 bits per heavy atom. The maximum Gasteiger partial charge on any atom is 0.252 e. The molecule has 0 bridgehead atoms. The molecule has 5 heteroatoms. The molecule has 2 rings (SSSR count). The molecular weight excluding hydrogens is 417 g/mol. The smallest absolute Gasteiger partial charge is 0.252 e. The summed E-state index contributed by atoms with van der Waals surface area (Å²) in [6, 6.07) is 13.7. The number of hydrogen-bond acceptors (Lipinski definition) is 2. The van der Waals surface area contributed by atoms with Gasteiger partial charge in [-0.1, -0.05) is 29.3 Å². The van der Waals surface area contributed by atoms with Gasteiger partial charge in [-0.3, -0.25) is 4.79 Å². The number of carbonyl (C=O) groups excluding carboxylic acids is 1. The summed E-state index contributed by atoms with van der Waals surface area (Å²) in [7, 11) is 0. The third kappa shape index (κ3) is 5.20. The van der Waals surface area contributed by atoms with E-state index in [1.54, 1.807) is 30.0 Å². The first-order valence-electron chi connectivity index (χ1n) is 6.49. The summed E-state index contributed by atoms with van der Waals surface area (Å²) in [5.74, 6) is 0.791. The first-order chi connectivity index (χ1) is 10.1.